The standard InChI is InChI=1S/C7H4ClF2NO/c8-4-1-2-11-5(3-12)6(4)7(9)10/h1-3,7H. The Kier molecular flexibility index (Phi) is 2.70. The monoisotopic (exact) mass is 191 g/mol. The molecule has 64 valence electrons. The highest BCUT2D eigenvalue weighted by atomic mass is 35.5. The number of pyridine rings is 1. The van der Waals surface area contributed by atoms with Gasteiger partial charge >= 0.3 is 0 Å². The van der Waals surface area contributed by atoms with Gasteiger partial charge in [-0.3, -0.25) is 9.78 Å². The molecule has 0 atom stereocenters. The first kappa shape index (κ1) is 9.06. The van der Waals surface area contributed by atoms with E-state index in [2.05, 4.69) is 4.98 Å². The van der Waals surface area contributed by atoms with Gasteiger partial charge in [-0.15, -0.1) is 0 Å². The summed E-state index contributed by atoms with van der Waals surface area (Å²) in [4.78, 5) is 13.7. The van der Waals surface area contributed by atoms with E-state index in [4.69, 9.17) is 11.6 Å². The first-order valence-electron chi connectivity index (χ1n) is 3.04. The molecule has 0 aliphatic carbocycles. The van der Waals surface area contributed by atoms with E-state index in [9.17, 15) is 13.6 Å². The third-order valence-electron chi connectivity index (χ3n) is 1.30. The van der Waals surface area contributed by atoms with Gasteiger partial charge in [0, 0.05) is 6.20 Å². The highest BCUT2D eigenvalue weighted by molar-refractivity contribution is 6.31. The van der Waals surface area contributed by atoms with Crippen molar-refractivity contribution in [3.63, 3.8) is 0 Å². The topological polar surface area (TPSA) is 30.0 Å². The zero-order chi connectivity index (χ0) is 9.14. The summed E-state index contributed by atoms with van der Waals surface area (Å²) in [5.74, 6) is 0. The van der Waals surface area contributed by atoms with E-state index in [0.29, 0.717) is 0 Å². The summed E-state index contributed by atoms with van der Waals surface area (Å²) in [5.41, 5.74) is -0.813. The molecule has 0 radical (unpaired) electrons. The smallest absolute Gasteiger partial charge is 0.267 e. The fourth-order valence-corrected chi connectivity index (χ4v) is 1.01. The number of halogens is 3. The lowest BCUT2D eigenvalue weighted by molar-refractivity contribution is 0.110. The molecule has 1 aromatic rings. The van der Waals surface area contributed by atoms with Crippen molar-refractivity contribution in [3.8, 4) is 0 Å². The van der Waals surface area contributed by atoms with Crippen LogP contribution < -0.4 is 0 Å². The van der Waals surface area contributed by atoms with Crippen molar-refractivity contribution in [2.45, 2.75) is 6.43 Å². The number of hydrogen-bond acceptors (Lipinski definition) is 2. The minimum absolute atomic E-state index is 0.137. The van der Waals surface area contributed by atoms with Crippen LogP contribution in [0.2, 0.25) is 5.02 Å². The zero-order valence-electron chi connectivity index (χ0n) is 5.80. The number of aldehydes is 1. The van der Waals surface area contributed by atoms with E-state index >= 15 is 0 Å². The number of nitrogens with zero attached hydrogens (tertiary/aromatic N) is 1. The number of hydrogen-bond donors (Lipinski definition) is 0. The summed E-state index contributed by atoms with van der Waals surface area (Å²) >= 11 is 5.42. The van der Waals surface area contributed by atoms with Crippen LogP contribution in [0.1, 0.15) is 22.5 Å². The van der Waals surface area contributed by atoms with Gasteiger partial charge in [-0.1, -0.05) is 11.6 Å². The molecule has 5 heteroatoms. The summed E-state index contributed by atoms with van der Waals surface area (Å²) in [6.07, 6.45) is -1.31. The molecule has 1 aromatic heterocycles. The van der Waals surface area contributed by atoms with Crippen molar-refractivity contribution < 1.29 is 13.6 Å². The van der Waals surface area contributed by atoms with Gasteiger partial charge in [-0.2, -0.15) is 0 Å². The van der Waals surface area contributed by atoms with Gasteiger partial charge in [0.15, 0.2) is 6.29 Å². The van der Waals surface area contributed by atoms with Crippen LogP contribution in [0.3, 0.4) is 0 Å². The Balaban J connectivity index is 3.29. The Morgan fingerprint density at radius 1 is 1.58 bits per heavy atom. The minimum atomic E-state index is -2.77. The van der Waals surface area contributed by atoms with E-state index in [1.165, 1.54) is 12.3 Å². The van der Waals surface area contributed by atoms with Gasteiger partial charge in [0.05, 0.1) is 10.6 Å². The van der Waals surface area contributed by atoms with Crippen LogP contribution in [0, 0.1) is 0 Å². The van der Waals surface area contributed by atoms with Crippen LogP contribution in [0.4, 0.5) is 8.78 Å². The van der Waals surface area contributed by atoms with Gasteiger partial charge in [0.2, 0.25) is 0 Å². The van der Waals surface area contributed by atoms with Gasteiger partial charge in [-0.25, -0.2) is 8.78 Å². The third kappa shape index (κ3) is 1.58. The third-order valence-corrected chi connectivity index (χ3v) is 1.63. The Hall–Kier alpha value is -1.03. The first-order valence-corrected chi connectivity index (χ1v) is 3.42. The molecule has 1 heterocycles. The highest BCUT2D eigenvalue weighted by Gasteiger charge is 2.17. The quantitative estimate of drug-likeness (QED) is 0.673. The average molecular weight is 192 g/mol. The zero-order valence-corrected chi connectivity index (χ0v) is 6.55. The molecule has 0 unspecified atom stereocenters. The maximum Gasteiger partial charge on any atom is 0.267 e. The summed E-state index contributed by atoms with van der Waals surface area (Å²) in [6, 6.07) is 1.22. The van der Waals surface area contributed by atoms with Crippen LogP contribution in [0.5, 0.6) is 0 Å². The molecular weight excluding hydrogens is 188 g/mol. The summed E-state index contributed by atoms with van der Waals surface area (Å²) in [5, 5.41) is -0.137. The molecule has 12 heavy (non-hydrogen) atoms. The second-order valence-electron chi connectivity index (χ2n) is 2.01. The Morgan fingerprint density at radius 2 is 2.25 bits per heavy atom. The van der Waals surface area contributed by atoms with Crippen molar-refractivity contribution in [2.75, 3.05) is 0 Å². The van der Waals surface area contributed by atoms with Crippen LogP contribution >= 0.6 is 11.6 Å². The second kappa shape index (κ2) is 3.58. The largest absolute Gasteiger partial charge is 0.296 e. The molecule has 0 aromatic carbocycles. The maximum atomic E-state index is 12.2. The number of carbonyl (C=O) groups excluding carboxylic acids is 1. The molecular formula is C7H4ClF2NO. The highest BCUT2D eigenvalue weighted by Crippen LogP contribution is 2.27. The predicted molar refractivity (Wildman–Crippen MR) is 39.6 cm³/mol. The van der Waals surface area contributed by atoms with Crippen molar-refractivity contribution >= 4 is 17.9 Å². The fourth-order valence-electron chi connectivity index (χ4n) is 0.775. The van der Waals surface area contributed by atoms with Crippen LogP contribution in [0.15, 0.2) is 12.3 Å². The van der Waals surface area contributed by atoms with E-state index in [1.54, 1.807) is 0 Å². The molecule has 0 aliphatic heterocycles. The number of carbonyl (C=O) groups is 1. The van der Waals surface area contributed by atoms with Gasteiger partial charge in [0.1, 0.15) is 5.69 Å². The number of alkyl halides is 2. The Morgan fingerprint density at radius 3 is 2.67 bits per heavy atom. The SMILES string of the molecule is O=Cc1nccc(Cl)c1C(F)F. The second-order valence-corrected chi connectivity index (χ2v) is 2.42. The molecule has 0 fully saturated rings. The van der Waals surface area contributed by atoms with Crippen LogP contribution in [0.25, 0.3) is 0 Å². The summed E-state index contributed by atoms with van der Waals surface area (Å²) < 4.78 is 24.4. The molecule has 0 spiro atoms. The van der Waals surface area contributed by atoms with Gasteiger partial charge < -0.3 is 0 Å². The van der Waals surface area contributed by atoms with E-state index < -0.39 is 12.0 Å². The Labute approximate surface area is 72.2 Å². The van der Waals surface area contributed by atoms with E-state index in [1.807, 2.05) is 0 Å². The molecule has 0 amide bonds. The summed E-state index contributed by atoms with van der Waals surface area (Å²) in [7, 11) is 0. The minimum Gasteiger partial charge on any atom is -0.296 e. The first-order chi connectivity index (χ1) is 5.66. The molecule has 0 bridgehead atoms. The summed E-state index contributed by atoms with van der Waals surface area (Å²) in [6.45, 7) is 0. The molecule has 0 N–H and O–H groups in total. The van der Waals surface area contributed by atoms with Crippen molar-refractivity contribution in [2.24, 2.45) is 0 Å². The molecule has 1 rings (SSSR count). The van der Waals surface area contributed by atoms with Gasteiger partial charge in [0.25, 0.3) is 6.43 Å². The lowest BCUT2D eigenvalue weighted by atomic mass is 10.2. The van der Waals surface area contributed by atoms with Crippen LogP contribution in [-0.2, 0) is 0 Å². The van der Waals surface area contributed by atoms with E-state index in [0.717, 1.165) is 0 Å². The molecule has 2 nitrogen and oxygen atoms in total. The molecule has 0 aliphatic rings. The van der Waals surface area contributed by atoms with Gasteiger partial charge in [-0.05, 0) is 6.07 Å². The molecule has 0 saturated carbocycles. The molecule has 0 saturated heterocycles. The van der Waals surface area contributed by atoms with Crippen LogP contribution in [-0.4, -0.2) is 11.3 Å². The van der Waals surface area contributed by atoms with Crippen molar-refractivity contribution in [1.82, 2.24) is 4.98 Å². The number of aromatic nitrogens is 1. The average Bonchev–Trinajstić information content (AvgIpc) is 2.03. The predicted octanol–water partition coefficient (Wildman–Crippen LogP) is 2.49. The Bertz CT molecular complexity index is 303. The number of rotatable bonds is 2. The fraction of sp³-hybridized carbons (Fsp3) is 0.143. The van der Waals surface area contributed by atoms with Crippen molar-refractivity contribution in [3.05, 3.63) is 28.5 Å². The van der Waals surface area contributed by atoms with E-state index in [-0.39, 0.29) is 17.0 Å². The lowest BCUT2D eigenvalue weighted by Gasteiger charge is -2.03. The lowest BCUT2D eigenvalue weighted by Crippen LogP contribution is -1.97. The normalized spacial score (nSPS) is 10.3. The maximum absolute atomic E-state index is 12.2. The van der Waals surface area contributed by atoms with Crippen molar-refractivity contribution in [1.29, 1.82) is 0 Å².